The lowest BCUT2D eigenvalue weighted by atomic mass is 10.0. The van der Waals surface area contributed by atoms with Gasteiger partial charge in [-0.15, -0.1) is 6.58 Å². The summed E-state index contributed by atoms with van der Waals surface area (Å²) in [4.78, 5) is 11.9. The van der Waals surface area contributed by atoms with Gasteiger partial charge in [0.25, 0.3) is 0 Å². The van der Waals surface area contributed by atoms with Crippen LogP contribution in [-0.2, 0) is 17.8 Å². The summed E-state index contributed by atoms with van der Waals surface area (Å²) in [6.45, 7) is 4.03. The summed E-state index contributed by atoms with van der Waals surface area (Å²) >= 11 is 0. The minimum absolute atomic E-state index is 0.0110. The molecule has 0 unspecified atom stereocenters. The summed E-state index contributed by atoms with van der Waals surface area (Å²) in [7, 11) is 0. The molecule has 1 N–H and O–H groups in total. The molecule has 0 saturated carbocycles. The van der Waals surface area contributed by atoms with Crippen molar-refractivity contribution >= 4 is 6.09 Å². The van der Waals surface area contributed by atoms with E-state index in [1.165, 1.54) is 5.56 Å². The molecule has 0 heterocycles. The molecular weight excluding hydrogens is 274 g/mol. The number of carbonyl (C=O) groups excluding carboxylic acids is 1. The third-order valence-electron chi connectivity index (χ3n) is 3.31. The summed E-state index contributed by atoms with van der Waals surface area (Å²) in [6.07, 6.45) is 2.87. The van der Waals surface area contributed by atoms with E-state index in [2.05, 4.69) is 11.9 Å². The predicted molar refractivity (Wildman–Crippen MR) is 88.5 cm³/mol. The Balaban J connectivity index is 1.84. The molecule has 0 radical (unpaired) electrons. The average molecular weight is 295 g/mol. The van der Waals surface area contributed by atoms with Gasteiger partial charge in [0.15, 0.2) is 0 Å². The zero-order chi connectivity index (χ0) is 15.6. The molecule has 2 rings (SSSR count). The molecule has 0 aliphatic heterocycles. The highest BCUT2D eigenvalue weighted by molar-refractivity contribution is 5.67. The van der Waals surface area contributed by atoms with Crippen LogP contribution in [0, 0.1) is 0 Å². The number of amides is 1. The fraction of sp³-hybridized carbons (Fsp3) is 0.211. The maximum absolute atomic E-state index is 11.9. The zero-order valence-electron chi connectivity index (χ0n) is 12.6. The van der Waals surface area contributed by atoms with Gasteiger partial charge < -0.3 is 10.1 Å². The Labute approximate surface area is 131 Å². The lowest BCUT2D eigenvalue weighted by Gasteiger charge is -2.17. The van der Waals surface area contributed by atoms with Crippen molar-refractivity contribution in [2.24, 2.45) is 0 Å². The van der Waals surface area contributed by atoms with E-state index in [9.17, 15) is 4.79 Å². The van der Waals surface area contributed by atoms with Crippen LogP contribution in [0.4, 0.5) is 4.79 Å². The second-order valence-electron chi connectivity index (χ2n) is 5.12. The minimum atomic E-state index is -0.397. The lowest BCUT2D eigenvalue weighted by Crippen LogP contribution is -2.36. The SMILES string of the molecule is C=CC[C@H](Cc1ccccc1)NC(=O)OCc1ccccc1. The van der Waals surface area contributed by atoms with Crippen LogP contribution in [0.25, 0.3) is 0 Å². The first kappa shape index (κ1) is 15.8. The van der Waals surface area contributed by atoms with Crippen LogP contribution in [0.3, 0.4) is 0 Å². The van der Waals surface area contributed by atoms with Crippen molar-refractivity contribution in [1.82, 2.24) is 5.32 Å². The Morgan fingerprint density at radius 1 is 1.05 bits per heavy atom. The van der Waals surface area contributed by atoms with E-state index in [-0.39, 0.29) is 12.6 Å². The first-order chi connectivity index (χ1) is 10.8. The van der Waals surface area contributed by atoms with E-state index >= 15 is 0 Å². The Morgan fingerprint density at radius 3 is 2.23 bits per heavy atom. The molecule has 2 aromatic rings. The van der Waals surface area contributed by atoms with E-state index in [1.807, 2.05) is 66.7 Å². The number of hydrogen-bond donors (Lipinski definition) is 1. The monoisotopic (exact) mass is 295 g/mol. The largest absolute Gasteiger partial charge is 0.445 e. The number of rotatable bonds is 7. The van der Waals surface area contributed by atoms with Crippen molar-refractivity contribution in [3.63, 3.8) is 0 Å². The molecule has 0 saturated heterocycles. The number of alkyl carbamates (subject to hydrolysis) is 1. The van der Waals surface area contributed by atoms with Gasteiger partial charge in [-0.3, -0.25) is 0 Å². The van der Waals surface area contributed by atoms with Gasteiger partial charge >= 0.3 is 6.09 Å². The maximum atomic E-state index is 11.9. The third kappa shape index (κ3) is 5.44. The number of hydrogen-bond acceptors (Lipinski definition) is 2. The summed E-state index contributed by atoms with van der Waals surface area (Å²) in [6, 6.07) is 19.7. The molecule has 22 heavy (non-hydrogen) atoms. The Bertz CT molecular complexity index is 581. The lowest BCUT2D eigenvalue weighted by molar-refractivity contribution is 0.135. The molecular formula is C19H21NO2. The quantitative estimate of drug-likeness (QED) is 0.781. The molecule has 114 valence electrons. The number of ether oxygens (including phenoxy) is 1. The highest BCUT2D eigenvalue weighted by atomic mass is 16.5. The van der Waals surface area contributed by atoms with Gasteiger partial charge in [-0.05, 0) is 24.0 Å². The van der Waals surface area contributed by atoms with Gasteiger partial charge in [-0.2, -0.15) is 0 Å². The van der Waals surface area contributed by atoms with E-state index in [0.29, 0.717) is 6.42 Å². The van der Waals surface area contributed by atoms with Crippen molar-refractivity contribution in [1.29, 1.82) is 0 Å². The van der Waals surface area contributed by atoms with Crippen LogP contribution in [0.2, 0.25) is 0 Å². The van der Waals surface area contributed by atoms with Crippen molar-refractivity contribution in [2.75, 3.05) is 0 Å². The van der Waals surface area contributed by atoms with Crippen LogP contribution in [-0.4, -0.2) is 12.1 Å². The molecule has 0 bridgehead atoms. The number of carbonyl (C=O) groups is 1. The molecule has 0 aliphatic carbocycles. The van der Waals surface area contributed by atoms with E-state index in [1.54, 1.807) is 0 Å². The van der Waals surface area contributed by atoms with Gasteiger partial charge in [0.1, 0.15) is 6.61 Å². The minimum Gasteiger partial charge on any atom is -0.445 e. The van der Waals surface area contributed by atoms with Crippen molar-refractivity contribution in [2.45, 2.75) is 25.5 Å². The second-order valence-corrected chi connectivity index (χ2v) is 5.12. The molecule has 0 spiro atoms. The smallest absolute Gasteiger partial charge is 0.407 e. The van der Waals surface area contributed by atoms with E-state index < -0.39 is 6.09 Å². The molecule has 0 fully saturated rings. The number of benzene rings is 2. The molecule has 0 aliphatic rings. The molecule has 1 atom stereocenters. The molecule has 2 aromatic carbocycles. The van der Waals surface area contributed by atoms with Crippen molar-refractivity contribution in [3.05, 3.63) is 84.4 Å². The molecule has 3 nitrogen and oxygen atoms in total. The average Bonchev–Trinajstić information content (AvgIpc) is 2.55. The standard InChI is InChI=1S/C19H21NO2/c1-2-9-18(14-16-10-5-3-6-11-16)20-19(21)22-15-17-12-7-4-8-13-17/h2-8,10-13,18H,1,9,14-15H2,(H,20,21)/t18-/m1/s1. The predicted octanol–water partition coefficient (Wildman–Crippen LogP) is 4.10. The second kappa shape index (κ2) is 8.67. The molecule has 1 amide bonds. The van der Waals surface area contributed by atoms with Crippen LogP contribution in [0.15, 0.2) is 73.3 Å². The van der Waals surface area contributed by atoms with Gasteiger partial charge in [-0.25, -0.2) is 4.79 Å². The van der Waals surface area contributed by atoms with Gasteiger partial charge in [-0.1, -0.05) is 66.7 Å². The van der Waals surface area contributed by atoms with Crippen molar-refractivity contribution in [3.8, 4) is 0 Å². The van der Waals surface area contributed by atoms with Crippen molar-refractivity contribution < 1.29 is 9.53 Å². The van der Waals surface area contributed by atoms with E-state index in [4.69, 9.17) is 4.74 Å². The van der Waals surface area contributed by atoms with Gasteiger partial charge in [0, 0.05) is 6.04 Å². The highest BCUT2D eigenvalue weighted by Gasteiger charge is 2.12. The summed E-state index contributed by atoms with van der Waals surface area (Å²) < 4.78 is 5.26. The summed E-state index contributed by atoms with van der Waals surface area (Å²) in [5.74, 6) is 0. The third-order valence-corrected chi connectivity index (χ3v) is 3.31. The molecule has 3 heteroatoms. The normalized spacial score (nSPS) is 11.5. The van der Waals surface area contributed by atoms with Crippen LogP contribution >= 0.6 is 0 Å². The summed E-state index contributed by atoms with van der Waals surface area (Å²) in [5, 5.41) is 2.90. The first-order valence-electron chi connectivity index (χ1n) is 7.40. The fourth-order valence-electron chi connectivity index (χ4n) is 2.22. The van der Waals surface area contributed by atoms with Crippen LogP contribution in [0.5, 0.6) is 0 Å². The van der Waals surface area contributed by atoms with Crippen LogP contribution in [0.1, 0.15) is 17.5 Å². The van der Waals surface area contributed by atoms with Gasteiger partial charge in [0.05, 0.1) is 0 Å². The zero-order valence-corrected chi connectivity index (χ0v) is 12.6. The summed E-state index contributed by atoms with van der Waals surface area (Å²) in [5.41, 5.74) is 2.15. The topological polar surface area (TPSA) is 38.3 Å². The molecule has 0 aromatic heterocycles. The highest BCUT2D eigenvalue weighted by Crippen LogP contribution is 2.07. The Morgan fingerprint density at radius 2 is 1.64 bits per heavy atom. The fourth-order valence-corrected chi connectivity index (χ4v) is 2.22. The Kier molecular flexibility index (Phi) is 6.24. The van der Waals surface area contributed by atoms with E-state index in [0.717, 1.165) is 12.0 Å². The Hall–Kier alpha value is -2.55. The maximum Gasteiger partial charge on any atom is 0.407 e. The first-order valence-corrected chi connectivity index (χ1v) is 7.40. The number of nitrogens with one attached hydrogen (secondary N) is 1. The van der Waals surface area contributed by atoms with Gasteiger partial charge in [0.2, 0.25) is 0 Å². The van der Waals surface area contributed by atoms with Crippen LogP contribution < -0.4 is 5.32 Å².